The molecule has 1 aromatic heterocycles. The topological polar surface area (TPSA) is 243 Å². The van der Waals surface area contributed by atoms with Crippen molar-refractivity contribution in [2.75, 3.05) is 20.2 Å². The predicted molar refractivity (Wildman–Crippen MR) is 147 cm³/mol. The number of aliphatic hydroxyl groups is 3. The largest absolute Gasteiger partial charge is 0.465 e. The van der Waals surface area contributed by atoms with E-state index < -0.39 is 67.1 Å². The van der Waals surface area contributed by atoms with Gasteiger partial charge < -0.3 is 40.2 Å². The van der Waals surface area contributed by atoms with Crippen molar-refractivity contribution in [3.63, 3.8) is 0 Å². The number of carbonyl (C=O) groups excluding carboxylic acids is 3. The molecular weight excluding hydrogens is 568 g/mol. The number of azide groups is 1. The number of aromatic nitrogens is 3. The van der Waals surface area contributed by atoms with E-state index >= 15 is 0 Å². The maximum atomic E-state index is 13.1. The quantitative estimate of drug-likeness (QED) is 0.0633. The second kappa shape index (κ2) is 15.8. The molecule has 1 aliphatic rings. The minimum atomic E-state index is -2.12. The molecule has 2 heterocycles. The molecule has 0 bridgehead atoms. The Labute approximate surface area is 246 Å². The normalized spacial score (nSPS) is 22.9. The summed E-state index contributed by atoms with van der Waals surface area (Å²) in [7, 11) is 1.09. The van der Waals surface area contributed by atoms with Crippen molar-refractivity contribution in [1.82, 2.24) is 25.6 Å². The lowest BCUT2D eigenvalue weighted by molar-refractivity contribution is -0.258. The molecule has 1 aromatic carbocycles. The zero-order valence-corrected chi connectivity index (χ0v) is 23.8. The average Bonchev–Trinajstić information content (AvgIpc) is 3.48. The van der Waals surface area contributed by atoms with Crippen LogP contribution in [0.15, 0.2) is 41.6 Å². The van der Waals surface area contributed by atoms with Gasteiger partial charge in [-0.05, 0) is 30.4 Å². The monoisotopic (exact) mass is 604 g/mol. The van der Waals surface area contributed by atoms with Crippen LogP contribution >= 0.6 is 0 Å². The van der Waals surface area contributed by atoms with E-state index in [2.05, 4.69) is 31.0 Å². The van der Waals surface area contributed by atoms with E-state index in [4.69, 9.17) is 19.7 Å². The lowest BCUT2D eigenvalue weighted by Gasteiger charge is -2.47. The van der Waals surface area contributed by atoms with Crippen LogP contribution in [0.3, 0.4) is 0 Å². The van der Waals surface area contributed by atoms with Crippen LogP contribution in [0, 0.1) is 0 Å². The lowest BCUT2D eigenvalue weighted by atomic mass is 9.87. The molecule has 5 N–H and O–H groups in total. The predicted octanol–water partition coefficient (Wildman–Crippen LogP) is 0.0396. The van der Waals surface area contributed by atoms with Gasteiger partial charge in [0.15, 0.2) is 0 Å². The highest BCUT2D eigenvalue weighted by Crippen LogP contribution is 2.36. The fourth-order valence-corrected chi connectivity index (χ4v) is 4.64. The van der Waals surface area contributed by atoms with Gasteiger partial charge in [0.2, 0.25) is 5.91 Å². The second-order valence-electron chi connectivity index (χ2n) is 9.93. The molecule has 1 aliphatic heterocycles. The number of benzene rings is 1. The standard InChI is InChI=1S/C26H36N8O9/c1-16(35)30-21-19(36)12-26(24(39)41-2,43-23(21)22(38)20(37)13-29-32-27)34-14-18(31-33-34)10-6-7-11-28-25(40)42-15-17-8-4-3-5-9-17/h3-5,8-9,14,19-23,36-38H,6-7,10-13,15H2,1-2H3,(H,28,40)(H,30,35)/t19?,20-,21?,22?,23?,26?/m1/s1. The molecule has 234 valence electrons. The highest BCUT2D eigenvalue weighted by atomic mass is 16.6. The van der Waals surface area contributed by atoms with Crippen molar-refractivity contribution in [3.05, 3.63) is 58.2 Å². The number of ether oxygens (including phenoxy) is 3. The second-order valence-corrected chi connectivity index (χ2v) is 9.93. The maximum absolute atomic E-state index is 13.1. The third-order valence-corrected chi connectivity index (χ3v) is 6.78. The highest BCUT2D eigenvalue weighted by Gasteiger charge is 2.57. The molecule has 0 radical (unpaired) electrons. The minimum Gasteiger partial charge on any atom is -0.465 e. The minimum absolute atomic E-state index is 0.157. The Morgan fingerprint density at radius 2 is 2.02 bits per heavy atom. The Hall–Kier alpha value is -4.28. The van der Waals surface area contributed by atoms with Crippen molar-refractivity contribution in [2.45, 2.75) is 75.4 Å². The maximum Gasteiger partial charge on any atom is 0.407 e. The summed E-state index contributed by atoms with van der Waals surface area (Å²) >= 11 is 0. The molecule has 2 aromatic rings. The summed E-state index contributed by atoms with van der Waals surface area (Å²) in [6.45, 7) is 1.15. The molecule has 1 saturated heterocycles. The molecule has 0 aliphatic carbocycles. The van der Waals surface area contributed by atoms with Crippen LogP contribution in [0.1, 0.15) is 37.4 Å². The molecular formula is C26H36N8O9. The smallest absolute Gasteiger partial charge is 0.407 e. The number of rotatable bonds is 14. The van der Waals surface area contributed by atoms with Crippen molar-refractivity contribution in [3.8, 4) is 0 Å². The Morgan fingerprint density at radius 1 is 1.28 bits per heavy atom. The molecule has 6 atom stereocenters. The number of nitrogens with zero attached hydrogens (tertiary/aromatic N) is 6. The lowest BCUT2D eigenvalue weighted by Crippen LogP contribution is -2.67. The van der Waals surface area contributed by atoms with Gasteiger partial charge in [0.1, 0.15) is 18.8 Å². The Kier molecular flexibility index (Phi) is 12.2. The van der Waals surface area contributed by atoms with E-state index in [1.165, 1.54) is 13.1 Å². The molecule has 0 spiro atoms. The van der Waals surface area contributed by atoms with Crippen LogP contribution in [0.25, 0.3) is 10.4 Å². The van der Waals surface area contributed by atoms with Gasteiger partial charge in [-0.3, -0.25) is 4.79 Å². The number of unbranched alkanes of at least 4 members (excludes halogenated alkanes) is 1. The van der Waals surface area contributed by atoms with Gasteiger partial charge >= 0.3 is 12.1 Å². The van der Waals surface area contributed by atoms with Crippen molar-refractivity contribution >= 4 is 18.0 Å². The van der Waals surface area contributed by atoms with Crippen molar-refractivity contribution < 1.29 is 43.9 Å². The third kappa shape index (κ3) is 8.86. The fourth-order valence-electron chi connectivity index (χ4n) is 4.64. The van der Waals surface area contributed by atoms with Crippen LogP contribution in [0.2, 0.25) is 0 Å². The zero-order valence-electron chi connectivity index (χ0n) is 23.8. The number of hydrogen-bond acceptors (Lipinski definition) is 12. The number of aliphatic hydroxyl groups excluding tert-OH is 3. The summed E-state index contributed by atoms with van der Waals surface area (Å²) in [5.41, 5.74) is 7.77. The molecule has 43 heavy (non-hydrogen) atoms. The average molecular weight is 605 g/mol. The highest BCUT2D eigenvalue weighted by molar-refractivity contribution is 5.77. The van der Waals surface area contributed by atoms with Crippen molar-refractivity contribution in [2.24, 2.45) is 5.11 Å². The summed E-state index contributed by atoms with van der Waals surface area (Å²) in [5, 5.41) is 48.7. The van der Waals surface area contributed by atoms with Gasteiger partial charge in [0.25, 0.3) is 5.72 Å². The summed E-state index contributed by atoms with van der Waals surface area (Å²) in [5.74, 6) is -1.55. The first-order valence-electron chi connectivity index (χ1n) is 13.6. The van der Waals surface area contributed by atoms with Gasteiger partial charge in [-0.1, -0.05) is 40.7 Å². The number of aryl methyl sites for hydroxylation is 1. The van der Waals surface area contributed by atoms with Crippen LogP contribution in [0.5, 0.6) is 0 Å². The van der Waals surface area contributed by atoms with Crippen molar-refractivity contribution in [1.29, 1.82) is 0 Å². The van der Waals surface area contributed by atoms with Crippen LogP contribution in [0.4, 0.5) is 4.79 Å². The Bertz CT molecular complexity index is 1270. The van der Waals surface area contributed by atoms with E-state index in [1.807, 2.05) is 30.3 Å². The number of amides is 2. The number of esters is 1. The van der Waals surface area contributed by atoms with E-state index in [-0.39, 0.29) is 6.61 Å². The first-order chi connectivity index (χ1) is 20.6. The van der Waals surface area contributed by atoms with Gasteiger partial charge in [0.05, 0.1) is 43.8 Å². The number of alkyl carbamates (subject to hydrolysis) is 1. The zero-order chi connectivity index (χ0) is 31.4. The Balaban J connectivity index is 1.66. The molecule has 1 fully saturated rings. The molecule has 17 nitrogen and oxygen atoms in total. The summed E-state index contributed by atoms with van der Waals surface area (Å²) in [6, 6.07) is 8.03. The Morgan fingerprint density at radius 3 is 2.70 bits per heavy atom. The van der Waals surface area contributed by atoms with Crippen LogP contribution in [-0.2, 0) is 42.6 Å². The van der Waals surface area contributed by atoms with E-state index in [0.29, 0.717) is 31.5 Å². The van der Waals surface area contributed by atoms with Crippen LogP contribution < -0.4 is 10.6 Å². The fraction of sp³-hybridized carbons (Fsp3) is 0.577. The number of hydrogen-bond donors (Lipinski definition) is 5. The molecule has 0 saturated carbocycles. The molecule has 3 rings (SSSR count). The molecule has 2 amide bonds. The molecule has 5 unspecified atom stereocenters. The summed E-state index contributed by atoms with van der Waals surface area (Å²) < 4.78 is 17.2. The van der Waals surface area contributed by atoms with Gasteiger partial charge in [-0.2, -0.15) is 0 Å². The van der Waals surface area contributed by atoms with Gasteiger partial charge in [-0.25, -0.2) is 14.3 Å². The SMILES string of the molecule is COC(=O)C1(n2cc(CCCCNC(=O)OCc3ccccc3)nn2)CC(O)C(NC(C)=O)C(C(O)[C@H](O)CN=[N+]=[N-])O1. The first-order valence-corrected chi connectivity index (χ1v) is 13.6. The molecule has 17 heteroatoms. The van der Waals surface area contributed by atoms with E-state index in [9.17, 15) is 29.7 Å². The van der Waals surface area contributed by atoms with E-state index in [1.54, 1.807) is 0 Å². The van der Waals surface area contributed by atoms with Gasteiger partial charge in [0, 0.05) is 24.8 Å². The van der Waals surface area contributed by atoms with E-state index in [0.717, 1.165) is 17.4 Å². The summed E-state index contributed by atoms with van der Waals surface area (Å²) in [4.78, 5) is 39.4. The number of carbonyl (C=O) groups is 3. The number of methoxy groups -OCH3 is 1. The van der Waals surface area contributed by atoms with Gasteiger partial charge in [-0.15, -0.1) is 5.10 Å². The summed E-state index contributed by atoms with van der Waals surface area (Å²) in [6.07, 6.45) is -4.48. The first kappa shape index (κ1) is 33.2. The third-order valence-electron chi connectivity index (χ3n) is 6.78. The number of nitrogens with one attached hydrogen (secondary N) is 2. The van der Waals surface area contributed by atoms with Crippen LogP contribution in [-0.4, -0.2) is 98.9 Å².